The predicted molar refractivity (Wildman–Crippen MR) is 92.3 cm³/mol. The van der Waals surface area contributed by atoms with Crippen LogP contribution in [0.5, 0.6) is 0 Å². The number of anilines is 1. The molecule has 0 unspecified atom stereocenters. The Balaban J connectivity index is 2.13. The van der Waals surface area contributed by atoms with Gasteiger partial charge in [0.25, 0.3) is 0 Å². The van der Waals surface area contributed by atoms with Gasteiger partial charge in [0.05, 0.1) is 11.2 Å². The zero-order chi connectivity index (χ0) is 18.3. The van der Waals surface area contributed by atoms with Crippen molar-refractivity contribution in [3.8, 4) is 0 Å². The lowest BCUT2D eigenvalue weighted by Gasteiger charge is -2.32. The Hall–Kier alpha value is -1.67. The number of carbonyl (C=O) groups excluding carboxylic acids is 1. The first-order valence-corrected chi connectivity index (χ1v) is 8.00. The summed E-state index contributed by atoms with van der Waals surface area (Å²) >= 11 is 0. The van der Waals surface area contributed by atoms with Crippen molar-refractivity contribution in [2.45, 2.75) is 72.2 Å². The minimum atomic E-state index is -0.592. The maximum absolute atomic E-state index is 11.8. The zero-order valence-electron chi connectivity index (χ0n) is 15.7. The number of amides is 1. The molecule has 1 amide bonds. The second-order valence-corrected chi connectivity index (χ2v) is 7.95. The highest BCUT2D eigenvalue weighted by atomic mass is 16.7. The minimum absolute atomic E-state index is 0.182. The van der Waals surface area contributed by atoms with Crippen molar-refractivity contribution in [1.29, 1.82) is 0 Å². The Morgan fingerprint density at radius 3 is 2.21 bits per heavy atom. The molecule has 8 heteroatoms. The van der Waals surface area contributed by atoms with Crippen LogP contribution in [0.1, 0.15) is 54.2 Å². The van der Waals surface area contributed by atoms with Gasteiger partial charge < -0.3 is 14.0 Å². The molecule has 7 nitrogen and oxygen atoms in total. The molecule has 0 aromatic carbocycles. The Morgan fingerprint density at radius 2 is 1.75 bits per heavy atom. The average molecular weight is 335 g/mol. The number of rotatable bonds is 2. The molecule has 1 N–H and O–H groups in total. The Morgan fingerprint density at radius 1 is 1.21 bits per heavy atom. The Kier molecular flexibility index (Phi) is 4.67. The molecule has 2 heterocycles. The molecule has 0 bridgehead atoms. The average Bonchev–Trinajstić information content (AvgIpc) is 2.55. The molecule has 0 saturated carbocycles. The first kappa shape index (κ1) is 18.7. The summed E-state index contributed by atoms with van der Waals surface area (Å²) in [6.45, 7) is 15.1. The number of ether oxygens (including phenoxy) is 1. The predicted octanol–water partition coefficient (Wildman–Crippen LogP) is 2.43. The van der Waals surface area contributed by atoms with Gasteiger partial charge in [-0.05, 0) is 55.4 Å². The van der Waals surface area contributed by atoms with Crippen molar-refractivity contribution in [3.63, 3.8) is 0 Å². The molecule has 1 fully saturated rings. The van der Waals surface area contributed by atoms with Crippen molar-refractivity contribution in [2.75, 3.05) is 5.32 Å². The number of aryl methyl sites for hydroxylation is 1. The highest BCUT2D eigenvalue weighted by molar-refractivity contribution is 6.62. The van der Waals surface area contributed by atoms with Gasteiger partial charge >= 0.3 is 13.2 Å². The van der Waals surface area contributed by atoms with E-state index in [1.807, 2.05) is 34.6 Å². The van der Waals surface area contributed by atoms with Crippen LogP contribution in [0.15, 0.2) is 6.20 Å². The molecule has 0 aliphatic carbocycles. The van der Waals surface area contributed by atoms with Crippen molar-refractivity contribution in [3.05, 3.63) is 11.9 Å². The normalized spacial score (nSPS) is 19.2. The summed E-state index contributed by atoms with van der Waals surface area (Å²) in [4.78, 5) is 20.3. The third-order valence-electron chi connectivity index (χ3n) is 4.14. The lowest BCUT2D eigenvalue weighted by molar-refractivity contribution is 0.00578. The van der Waals surface area contributed by atoms with Gasteiger partial charge in [-0.3, -0.25) is 5.32 Å². The number of nitrogens with one attached hydrogen (secondary N) is 1. The molecule has 0 spiro atoms. The van der Waals surface area contributed by atoms with Crippen LogP contribution in [-0.2, 0) is 14.0 Å². The van der Waals surface area contributed by atoms with E-state index in [1.165, 1.54) is 0 Å². The lowest BCUT2D eigenvalue weighted by atomic mass is 9.79. The molecule has 1 aromatic rings. The topological polar surface area (TPSA) is 82.6 Å². The highest BCUT2D eigenvalue weighted by Crippen LogP contribution is 2.36. The first-order valence-electron chi connectivity index (χ1n) is 8.00. The smallest absolute Gasteiger partial charge is 0.444 e. The van der Waals surface area contributed by atoms with Crippen molar-refractivity contribution >= 4 is 24.6 Å². The maximum Gasteiger partial charge on any atom is 0.498 e. The standard InChI is InChI=1S/C16H26BN3O4/c1-10-11(17-23-15(5,6)16(7,8)24-17)9-18-12(19-10)20-13(21)22-14(2,3)4/h9H,1-8H3,(H,18,19,20,21). The minimum Gasteiger partial charge on any atom is -0.444 e. The van der Waals surface area contributed by atoms with E-state index in [9.17, 15) is 4.79 Å². The van der Waals surface area contributed by atoms with E-state index in [0.717, 1.165) is 5.46 Å². The molecule has 1 aliphatic heterocycles. The van der Waals surface area contributed by atoms with Crippen molar-refractivity contribution in [2.24, 2.45) is 0 Å². The fourth-order valence-corrected chi connectivity index (χ4v) is 2.13. The first-order chi connectivity index (χ1) is 10.8. The Bertz CT molecular complexity index is 625. The summed E-state index contributed by atoms with van der Waals surface area (Å²) in [5, 5.41) is 2.52. The second-order valence-electron chi connectivity index (χ2n) is 7.95. The van der Waals surface area contributed by atoms with Gasteiger partial charge in [-0.1, -0.05) is 0 Å². The highest BCUT2D eigenvalue weighted by Gasteiger charge is 2.52. The molecular weight excluding hydrogens is 309 g/mol. The fraction of sp³-hybridized carbons (Fsp3) is 0.688. The van der Waals surface area contributed by atoms with Gasteiger partial charge in [-0.15, -0.1) is 0 Å². The molecule has 0 radical (unpaired) electrons. The number of hydrogen-bond donors (Lipinski definition) is 1. The summed E-state index contributed by atoms with van der Waals surface area (Å²) in [6.07, 6.45) is 1.02. The fourth-order valence-electron chi connectivity index (χ4n) is 2.13. The Labute approximate surface area is 143 Å². The van der Waals surface area contributed by atoms with Gasteiger partial charge in [0.2, 0.25) is 5.95 Å². The van der Waals surface area contributed by atoms with Crippen LogP contribution in [-0.4, -0.2) is 40.0 Å². The van der Waals surface area contributed by atoms with E-state index in [2.05, 4.69) is 15.3 Å². The molecule has 1 saturated heterocycles. The second kappa shape index (κ2) is 6.00. The van der Waals surface area contributed by atoms with E-state index >= 15 is 0 Å². The molecule has 1 aliphatic rings. The molecule has 1 aromatic heterocycles. The van der Waals surface area contributed by atoms with Crippen LogP contribution in [0.4, 0.5) is 10.7 Å². The molecular formula is C16H26BN3O4. The maximum atomic E-state index is 11.8. The molecule has 24 heavy (non-hydrogen) atoms. The number of hydrogen-bond acceptors (Lipinski definition) is 6. The number of nitrogens with zero attached hydrogens (tertiary/aromatic N) is 2. The van der Waals surface area contributed by atoms with Gasteiger partial charge in [-0.25, -0.2) is 14.8 Å². The van der Waals surface area contributed by atoms with E-state index in [1.54, 1.807) is 27.0 Å². The zero-order valence-corrected chi connectivity index (χ0v) is 15.7. The van der Waals surface area contributed by atoms with Gasteiger partial charge in [-0.2, -0.15) is 0 Å². The lowest BCUT2D eigenvalue weighted by Crippen LogP contribution is -2.41. The van der Waals surface area contributed by atoms with E-state index in [-0.39, 0.29) is 5.95 Å². The van der Waals surface area contributed by atoms with Gasteiger partial charge in [0.15, 0.2) is 0 Å². The summed E-state index contributed by atoms with van der Waals surface area (Å²) in [5.74, 6) is 0.182. The largest absolute Gasteiger partial charge is 0.498 e. The number of aromatic nitrogens is 2. The SMILES string of the molecule is Cc1nc(NC(=O)OC(C)(C)C)ncc1B1OC(C)(C)C(C)(C)O1. The third-order valence-corrected chi connectivity index (χ3v) is 4.14. The van der Waals surface area contributed by atoms with Crippen LogP contribution in [0.2, 0.25) is 0 Å². The van der Waals surface area contributed by atoms with Crippen LogP contribution in [0, 0.1) is 6.92 Å². The van der Waals surface area contributed by atoms with Crippen LogP contribution >= 0.6 is 0 Å². The van der Waals surface area contributed by atoms with Gasteiger partial charge in [0, 0.05) is 17.4 Å². The van der Waals surface area contributed by atoms with Crippen LogP contribution in [0.3, 0.4) is 0 Å². The van der Waals surface area contributed by atoms with Crippen molar-refractivity contribution < 1.29 is 18.8 Å². The monoisotopic (exact) mass is 335 g/mol. The summed E-state index contributed by atoms with van der Waals surface area (Å²) < 4.78 is 17.2. The van der Waals surface area contributed by atoms with Crippen LogP contribution < -0.4 is 10.8 Å². The molecule has 132 valence electrons. The summed E-state index contributed by atoms with van der Waals surface area (Å²) in [6, 6.07) is 0. The molecule has 0 atom stereocenters. The van der Waals surface area contributed by atoms with Crippen LogP contribution in [0.25, 0.3) is 0 Å². The van der Waals surface area contributed by atoms with E-state index in [0.29, 0.717) is 5.69 Å². The quantitative estimate of drug-likeness (QED) is 0.836. The van der Waals surface area contributed by atoms with Crippen molar-refractivity contribution in [1.82, 2.24) is 9.97 Å². The van der Waals surface area contributed by atoms with E-state index < -0.39 is 30.0 Å². The third kappa shape index (κ3) is 4.05. The summed E-state index contributed by atoms with van der Waals surface area (Å²) in [5.41, 5.74) is -0.0328. The van der Waals surface area contributed by atoms with E-state index in [4.69, 9.17) is 14.0 Å². The molecule has 2 rings (SSSR count). The summed E-state index contributed by atoms with van der Waals surface area (Å²) in [7, 11) is -0.537. The number of carbonyl (C=O) groups is 1. The van der Waals surface area contributed by atoms with Gasteiger partial charge in [0.1, 0.15) is 5.60 Å².